The standard InChI is InChI=1S/C12H24O2Si/c1-9-6-7-10(11(13)8-9)12(2,14)15(3,4)5/h9-10,14H,6-8H2,1-5H3/t9-,10-,12-/m1/s1. The molecule has 15 heavy (non-hydrogen) atoms. The Kier molecular flexibility index (Phi) is 3.46. The smallest absolute Gasteiger partial charge is 0.138 e. The third-order valence-corrected chi connectivity index (χ3v) is 7.47. The molecule has 0 radical (unpaired) electrons. The van der Waals surface area contributed by atoms with Crippen molar-refractivity contribution in [2.24, 2.45) is 11.8 Å². The van der Waals surface area contributed by atoms with Crippen LogP contribution in [0.25, 0.3) is 0 Å². The van der Waals surface area contributed by atoms with E-state index in [0.717, 1.165) is 12.8 Å². The van der Waals surface area contributed by atoms with Crippen molar-refractivity contribution in [2.75, 3.05) is 0 Å². The summed E-state index contributed by atoms with van der Waals surface area (Å²) in [6.45, 7) is 10.4. The van der Waals surface area contributed by atoms with Gasteiger partial charge in [-0.1, -0.05) is 26.6 Å². The van der Waals surface area contributed by atoms with Crippen LogP contribution in [0.3, 0.4) is 0 Å². The summed E-state index contributed by atoms with van der Waals surface area (Å²) in [5.74, 6) is 0.674. The molecule has 3 atom stereocenters. The first-order valence-corrected chi connectivity index (χ1v) is 9.41. The normalized spacial score (nSPS) is 32.5. The zero-order valence-corrected chi connectivity index (χ0v) is 11.6. The van der Waals surface area contributed by atoms with E-state index in [1.807, 2.05) is 6.92 Å². The Bertz CT molecular complexity index is 253. The van der Waals surface area contributed by atoms with Crippen LogP contribution in [-0.2, 0) is 4.79 Å². The third-order valence-electron chi connectivity index (χ3n) is 4.08. The van der Waals surface area contributed by atoms with Crippen molar-refractivity contribution >= 4 is 13.9 Å². The van der Waals surface area contributed by atoms with Gasteiger partial charge in [0, 0.05) is 12.3 Å². The molecule has 0 unspecified atom stereocenters. The molecule has 88 valence electrons. The van der Waals surface area contributed by atoms with E-state index in [1.165, 1.54) is 0 Å². The predicted molar refractivity (Wildman–Crippen MR) is 65.5 cm³/mol. The molecule has 2 nitrogen and oxygen atoms in total. The Morgan fingerprint density at radius 1 is 1.33 bits per heavy atom. The number of aliphatic hydroxyl groups is 1. The van der Waals surface area contributed by atoms with E-state index < -0.39 is 13.3 Å². The number of Topliss-reactive ketones (excluding diaryl/α,β-unsaturated/α-hetero) is 1. The average Bonchev–Trinajstić information content (AvgIpc) is 2.00. The SMILES string of the molecule is C[C@@H]1CC[C@@H]([C@](C)(O)[Si](C)(C)C)C(=O)C1. The van der Waals surface area contributed by atoms with Crippen molar-refractivity contribution in [3.63, 3.8) is 0 Å². The molecule has 3 heteroatoms. The van der Waals surface area contributed by atoms with E-state index >= 15 is 0 Å². The fraction of sp³-hybridized carbons (Fsp3) is 0.917. The molecule has 1 fully saturated rings. The summed E-state index contributed by atoms with van der Waals surface area (Å²) in [5, 5.41) is 9.83. The van der Waals surface area contributed by atoms with Gasteiger partial charge in [-0.2, -0.15) is 0 Å². The molecule has 1 saturated carbocycles. The van der Waals surface area contributed by atoms with Gasteiger partial charge in [0.25, 0.3) is 0 Å². The Hall–Kier alpha value is -0.153. The van der Waals surface area contributed by atoms with Crippen LogP contribution >= 0.6 is 0 Å². The molecule has 0 amide bonds. The van der Waals surface area contributed by atoms with Crippen molar-refractivity contribution in [1.82, 2.24) is 0 Å². The number of hydrogen-bond acceptors (Lipinski definition) is 2. The topological polar surface area (TPSA) is 37.3 Å². The molecule has 0 aromatic rings. The van der Waals surface area contributed by atoms with Crippen molar-refractivity contribution in [3.05, 3.63) is 0 Å². The van der Waals surface area contributed by atoms with Crippen LogP contribution in [0.2, 0.25) is 19.6 Å². The number of rotatable bonds is 2. The van der Waals surface area contributed by atoms with Crippen LogP contribution in [0, 0.1) is 11.8 Å². The van der Waals surface area contributed by atoms with Gasteiger partial charge in [0.15, 0.2) is 0 Å². The summed E-state index contributed by atoms with van der Waals surface area (Å²) in [6.07, 6.45) is 2.61. The van der Waals surface area contributed by atoms with E-state index in [-0.39, 0.29) is 11.7 Å². The highest BCUT2D eigenvalue weighted by atomic mass is 28.3. The third kappa shape index (κ3) is 2.51. The Morgan fingerprint density at radius 2 is 1.87 bits per heavy atom. The lowest BCUT2D eigenvalue weighted by molar-refractivity contribution is -0.131. The van der Waals surface area contributed by atoms with Crippen LogP contribution < -0.4 is 0 Å². The summed E-state index contributed by atoms with van der Waals surface area (Å²) in [4.78, 5) is 12.0. The van der Waals surface area contributed by atoms with Crippen molar-refractivity contribution < 1.29 is 9.90 Å². The van der Waals surface area contributed by atoms with Crippen LogP contribution in [0.1, 0.15) is 33.1 Å². The molecule has 0 bridgehead atoms. The molecule has 0 heterocycles. The zero-order valence-electron chi connectivity index (χ0n) is 10.6. The predicted octanol–water partition coefficient (Wildman–Crippen LogP) is 2.62. The number of ketones is 1. The second-order valence-corrected chi connectivity index (χ2v) is 11.8. The number of carbonyl (C=O) groups excluding carboxylic acids is 1. The van der Waals surface area contributed by atoms with E-state index in [0.29, 0.717) is 12.3 Å². The van der Waals surface area contributed by atoms with E-state index in [9.17, 15) is 9.90 Å². The highest BCUT2D eigenvalue weighted by Crippen LogP contribution is 2.37. The first kappa shape index (κ1) is 12.9. The Morgan fingerprint density at radius 3 is 2.27 bits per heavy atom. The van der Waals surface area contributed by atoms with Gasteiger partial charge in [0.2, 0.25) is 0 Å². The van der Waals surface area contributed by atoms with Gasteiger partial charge < -0.3 is 5.11 Å². The average molecular weight is 228 g/mol. The molecule has 0 aliphatic heterocycles. The Balaban J connectivity index is 2.84. The van der Waals surface area contributed by atoms with Gasteiger partial charge in [0.1, 0.15) is 5.78 Å². The van der Waals surface area contributed by atoms with Gasteiger partial charge in [-0.25, -0.2) is 0 Å². The largest absolute Gasteiger partial charge is 0.393 e. The Labute approximate surface area is 94.1 Å². The minimum absolute atomic E-state index is 0.111. The second kappa shape index (κ2) is 4.02. The quantitative estimate of drug-likeness (QED) is 0.738. The molecule has 0 saturated heterocycles. The minimum atomic E-state index is -1.70. The monoisotopic (exact) mass is 228 g/mol. The van der Waals surface area contributed by atoms with Gasteiger partial charge in [0.05, 0.1) is 13.3 Å². The number of hydrogen-bond donors (Lipinski definition) is 1. The molecular weight excluding hydrogens is 204 g/mol. The van der Waals surface area contributed by atoms with E-state index in [1.54, 1.807) is 0 Å². The fourth-order valence-corrected chi connectivity index (χ4v) is 3.67. The van der Waals surface area contributed by atoms with Crippen LogP contribution in [-0.4, -0.2) is 24.2 Å². The molecule has 1 aliphatic rings. The molecule has 0 aromatic carbocycles. The first-order valence-electron chi connectivity index (χ1n) is 5.91. The second-order valence-electron chi connectivity index (χ2n) is 6.30. The lowest BCUT2D eigenvalue weighted by atomic mass is 9.79. The number of carbonyl (C=O) groups is 1. The lowest BCUT2D eigenvalue weighted by Gasteiger charge is -2.43. The maximum atomic E-state index is 12.0. The van der Waals surface area contributed by atoms with Crippen LogP contribution in [0.15, 0.2) is 0 Å². The summed E-state index contributed by atoms with van der Waals surface area (Å²) < 4.78 is 0. The van der Waals surface area contributed by atoms with Crippen LogP contribution in [0.5, 0.6) is 0 Å². The molecule has 1 N–H and O–H groups in total. The summed E-state index contributed by atoms with van der Waals surface area (Å²) in [5.41, 5.74) is 0. The van der Waals surface area contributed by atoms with Crippen molar-refractivity contribution in [1.29, 1.82) is 0 Å². The van der Waals surface area contributed by atoms with Crippen molar-refractivity contribution in [3.8, 4) is 0 Å². The highest BCUT2D eigenvalue weighted by molar-refractivity contribution is 6.79. The van der Waals surface area contributed by atoms with Crippen LogP contribution in [0.4, 0.5) is 0 Å². The molecule has 1 rings (SSSR count). The van der Waals surface area contributed by atoms with E-state index in [2.05, 4.69) is 26.6 Å². The minimum Gasteiger partial charge on any atom is -0.393 e. The van der Waals surface area contributed by atoms with Gasteiger partial charge in [-0.15, -0.1) is 0 Å². The fourth-order valence-electron chi connectivity index (χ4n) is 2.32. The maximum absolute atomic E-state index is 12.0. The molecule has 1 aliphatic carbocycles. The molecule has 0 aromatic heterocycles. The van der Waals surface area contributed by atoms with Crippen molar-refractivity contribution in [2.45, 2.75) is 58.0 Å². The molecular formula is C12H24O2Si. The summed E-state index contributed by atoms with van der Waals surface area (Å²) >= 11 is 0. The zero-order chi connectivity index (χ0) is 11.9. The first-order chi connectivity index (χ1) is 6.66. The lowest BCUT2D eigenvalue weighted by Crippen LogP contribution is -2.58. The van der Waals surface area contributed by atoms with Gasteiger partial charge in [-0.3, -0.25) is 4.79 Å². The summed E-state index contributed by atoms with van der Waals surface area (Å²) in [7, 11) is -1.70. The maximum Gasteiger partial charge on any atom is 0.138 e. The highest BCUT2D eigenvalue weighted by Gasteiger charge is 2.47. The van der Waals surface area contributed by atoms with Gasteiger partial charge >= 0.3 is 0 Å². The van der Waals surface area contributed by atoms with Gasteiger partial charge in [-0.05, 0) is 25.7 Å². The molecule has 0 spiro atoms. The van der Waals surface area contributed by atoms with E-state index in [4.69, 9.17) is 0 Å². The summed E-state index contributed by atoms with van der Waals surface area (Å²) in [6, 6.07) is 0.